The fourth-order valence-corrected chi connectivity index (χ4v) is 1.49. The monoisotopic (exact) mass is 199 g/mol. The SMILES string of the molecule is CN(C)c1ccc(-[n+]2ccccc2)cc1. The molecule has 2 nitrogen and oxygen atoms in total. The Morgan fingerprint density at radius 2 is 1.47 bits per heavy atom. The van der Waals surface area contributed by atoms with Gasteiger partial charge in [0.1, 0.15) is 0 Å². The van der Waals surface area contributed by atoms with Crippen molar-refractivity contribution in [2.75, 3.05) is 19.0 Å². The molecule has 0 atom stereocenters. The van der Waals surface area contributed by atoms with Crippen molar-refractivity contribution in [2.45, 2.75) is 0 Å². The highest BCUT2D eigenvalue weighted by Crippen LogP contribution is 2.11. The van der Waals surface area contributed by atoms with Gasteiger partial charge in [-0.2, -0.15) is 4.57 Å². The number of anilines is 1. The number of pyridine rings is 1. The van der Waals surface area contributed by atoms with E-state index in [0.29, 0.717) is 0 Å². The second kappa shape index (κ2) is 4.13. The fourth-order valence-electron chi connectivity index (χ4n) is 1.49. The summed E-state index contributed by atoms with van der Waals surface area (Å²) in [5.41, 5.74) is 2.40. The zero-order valence-electron chi connectivity index (χ0n) is 9.09. The average Bonchev–Trinajstić information content (AvgIpc) is 2.30. The first-order valence-electron chi connectivity index (χ1n) is 5.01. The van der Waals surface area contributed by atoms with E-state index in [2.05, 4.69) is 33.7 Å². The van der Waals surface area contributed by atoms with Crippen molar-refractivity contribution in [1.29, 1.82) is 0 Å². The van der Waals surface area contributed by atoms with Crippen LogP contribution in [0.5, 0.6) is 0 Å². The van der Waals surface area contributed by atoms with Crippen molar-refractivity contribution >= 4 is 5.69 Å². The topological polar surface area (TPSA) is 7.12 Å². The van der Waals surface area contributed by atoms with Crippen molar-refractivity contribution in [3.8, 4) is 5.69 Å². The average molecular weight is 199 g/mol. The van der Waals surface area contributed by atoms with Gasteiger partial charge in [-0.3, -0.25) is 0 Å². The second-order valence-corrected chi connectivity index (χ2v) is 3.69. The molecule has 0 unspecified atom stereocenters. The quantitative estimate of drug-likeness (QED) is 0.671. The van der Waals surface area contributed by atoms with Crippen LogP contribution in [0.15, 0.2) is 54.9 Å². The number of aromatic nitrogens is 1. The fraction of sp³-hybridized carbons (Fsp3) is 0.154. The minimum atomic E-state index is 1.18. The summed E-state index contributed by atoms with van der Waals surface area (Å²) in [6.45, 7) is 0. The van der Waals surface area contributed by atoms with E-state index < -0.39 is 0 Å². The number of rotatable bonds is 2. The number of nitrogens with zero attached hydrogens (tertiary/aromatic N) is 2. The first kappa shape index (κ1) is 9.71. The van der Waals surface area contributed by atoms with E-state index in [-0.39, 0.29) is 0 Å². The van der Waals surface area contributed by atoms with Crippen LogP contribution in [0.3, 0.4) is 0 Å². The van der Waals surface area contributed by atoms with E-state index in [4.69, 9.17) is 0 Å². The molecule has 0 spiro atoms. The molecule has 0 radical (unpaired) electrons. The summed E-state index contributed by atoms with van der Waals surface area (Å²) >= 11 is 0. The van der Waals surface area contributed by atoms with E-state index in [1.54, 1.807) is 0 Å². The van der Waals surface area contributed by atoms with Crippen molar-refractivity contribution < 1.29 is 4.57 Å². The molecule has 15 heavy (non-hydrogen) atoms. The van der Waals surface area contributed by atoms with Gasteiger partial charge in [0, 0.05) is 44.0 Å². The molecular weight excluding hydrogens is 184 g/mol. The van der Waals surface area contributed by atoms with Gasteiger partial charge >= 0.3 is 0 Å². The van der Waals surface area contributed by atoms with Gasteiger partial charge in [-0.25, -0.2) is 0 Å². The van der Waals surface area contributed by atoms with Gasteiger partial charge in [0.25, 0.3) is 0 Å². The Morgan fingerprint density at radius 3 is 2.00 bits per heavy atom. The summed E-state index contributed by atoms with van der Waals surface area (Å²) in [5, 5.41) is 0. The summed E-state index contributed by atoms with van der Waals surface area (Å²) in [7, 11) is 4.09. The second-order valence-electron chi connectivity index (χ2n) is 3.69. The molecule has 2 heteroatoms. The molecule has 0 aliphatic rings. The Kier molecular flexibility index (Phi) is 2.68. The molecule has 76 valence electrons. The molecule has 2 aromatic rings. The molecule has 1 aromatic carbocycles. The molecule has 0 fully saturated rings. The van der Waals surface area contributed by atoms with Crippen LogP contribution < -0.4 is 9.47 Å². The summed E-state index contributed by atoms with van der Waals surface area (Å²) in [4.78, 5) is 2.10. The zero-order valence-corrected chi connectivity index (χ0v) is 9.09. The van der Waals surface area contributed by atoms with Gasteiger partial charge < -0.3 is 4.90 Å². The first-order chi connectivity index (χ1) is 7.27. The van der Waals surface area contributed by atoms with Crippen LogP contribution in [-0.2, 0) is 0 Å². The van der Waals surface area contributed by atoms with Crippen LogP contribution in [0.1, 0.15) is 0 Å². The van der Waals surface area contributed by atoms with E-state index in [9.17, 15) is 0 Å². The van der Waals surface area contributed by atoms with Gasteiger partial charge in [-0.05, 0) is 12.1 Å². The lowest BCUT2D eigenvalue weighted by atomic mass is 10.2. The third-order valence-corrected chi connectivity index (χ3v) is 2.38. The molecule has 0 saturated carbocycles. The Bertz CT molecular complexity index is 418. The van der Waals surface area contributed by atoms with Crippen LogP contribution in [0.4, 0.5) is 5.69 Å². The molecule has 0 aliphatic heterocycles. The van der Waals surface area contributed by atoms with Crippen molar-refractivity contribution in [1.82, 2.24) is 0 Å². The lowest BCUT2D eigenvalue weighted by Gasteiger charge is -2.11. The Morgan fingerprint density at radius 1 is 0.867 bits per heavy atom. The van der Waals surface area contributed by atoms with Gasteiger partial charge in [0.05, 0.1) is 0 Å². The minimum absolute atomic E-state index is 1.18. The smallest absolute Gasteiger partial charge is 0.210 e. The standard InChI is InChI=1S/C13H15N2/c1-14(2)12-6-8-13(9-7-12)15-10-4-3-5-11-15/h3-11H,1-2H3/q+1. The summed E-state index contributed by atoms with van der Waals surface area (Å²) in [5.74, 6) is 0. The van der Waals surface area contributed by atoms with Gasteiger partial charge in [0.15, 0.2) is 12.4 Å². The highest BCUT2D eigenvalue weighted by atomic mass is 15.1. The predicted molar refractivity (Wildman–Crippen MR) is 62.3 cm³/mol. The Balaban J connectivity index is 2.32. The maximum atomic E-state index is 2.12. The number of hydrogen-bond acceptors (Lipinski definition) is 1. The van der Waals surface area contributed by atoms with Crippen molar-refractivity contribution in [3.63, 3.8) is 0 Å². The van der Waals surface area contributed by atoms with Gasteiger partial charge in [-0.15, -0.1) is 0 Å². The Labute approximate surface area is 90.4 Å². The maximum absolute atomic E-state index is 2.12. The van der Waals surface area contributed by atoms with Crippen molar-refractivity contribution in [2.24, 2.45) is 0 Å². The first-order valence-corrected chi connectivity index (χ1v) is 5.01. The molecule has 1 aromatic heterocycles. The third-order valence-electron chi connectivity index (χ3n) is 2.38. The van der Waals surface area contributed by atoms with Crippen LogP contribution in [-0.4, -0.2) is 14.1 Å². The molecule has 0 aliphatic carbocycles. The van der Waals surface area contributed by atoms with E-state index in [1.807, 2.05) is 44.7 Å². The zero-order chi connectivity index (χ0) is 10.7. The molecule has 2 rings (SSSR count). The van der Waals surface area contributed by atoms with Gasteiger partial charge in [0.2, 0.25) is 5.69 Å². The Hall–Kier alpha value is -1.83. The number of hydrogen-bond donors (Lipinski definition) is 0. The van der Waals surface area contributed by atoms with E-state index in [0.717, 1.165) is 0 Å². The highest BCUT2D eigenvalue weighted by molar-refractivity contribution is 5.47. The van der Waals surface area contributed by atoms with Crippen LogP contribution in [0.2, 0.25) is 0 Å². The minimum Gasteiger partial charge on any atom is -0.378 e. The summed E-state index contributed by atoms with van der Waals surface area (Å²) in [6, 6.07) is 14.6. The maximum Gasteiger partial charge on any atom is 0.210 e. The van der Waals surface area contributed by atoms with Crippen molar-refractivity contribution in [3.05, 3.63) is 54.9 Å². The number of benzene rings is 1. The van der Waals surface area contributed by atoms with Crippen LogP contribution in [0.25, 0.3) is 5.69 Å². The molecule has 0 N–H and O–H groups in total. The predicted octanol–water partition coefficient (Wildman–Crippen LogP) is 2.03. The highest BCUT2D eigenvalue weighted by Gasteiger charge is 2.03. The lowest BCUT2D eigenvalue weighted by molar-refractivity contribution is -0.595. The summed E-state index contributed by atoms with van der Waals surface area (Å²) in [6.07, 6.45) is 4.09. The molecule has 1 heterocycles. The molecule has 0 saturated heterocycles. The third kappa shape index (κ3) is 2.15. The van der Waals surface area contributed by atoms with Crippen LogP contribution in [0, 0.1) is 0 Å². The van der Waals surface area contributed by atoms with Gasteiger partial charge in [-0.1, -0.05) is 6.07 Å². The normalized spacial score (nSPS) is 10.0. The van der Waals surface area contributed by atoms with Crippen LogP contribution >= 0.6 is 0 Å². The molecule has 0 bridgehead atoms. The molecular formula is C13H15N2+. The lowest BCUT2D eigenvalue weighted by Crippen LogP contribution is -2.28. The summed E-state index contributed by atoms with van der Waals surface area (Å²) < 4.78 is 2.10. The van der Waals surface area contributed by atoms with E-state index in [1.165, 1.54) is 11.4 Å². The largest absolute Gasteiger partial charge is 0.378 e. The van der Waals surface area contributed by atoms with E-state index >= 15 is 0 Å². The molecule has 0 amide bonds.